The molecular weight excluding hydrogens is 392 g/mol. The van der Waals surface area contributed by atoms with Crippen LogP contribution in [-0.2, 0) is 13.0 Å². The Kier molecular flexibility index (Phi) is 5.54. The van der Waals surface area contributed by atoms with E-state index in [1.165, 1.54) is 5.56 Å². The van der Waals surface area contributed by atoms with Crippen molar-refractivity contribution in [3.05, 3.63) is 121 Å². The molecule has 0 aliphatic rings. The van der Waals surface area contributed by atoms with E-state index in [1.54, 1.807) is 12.1 Å². The van der Waals surface area contributed by atoms with Gasteiger partial charge in [-0.3, -0.25) is 0 Å². The van der Waals surface area contributed by atoms with Crippen molar-refractivity contribution >= 4 is 0 Å². The molecule has 1 aromatic heterocycles. The van der Waals surface area contributed by atoms with Gasteiger partial charge in [0.25, 0.3) is 0 Å². The van der Waals surface area contributed by atoms with Crippen molar-refractivity contribution in [2.24, 2.45) is 0 Å². The molecule has 32 heavy (non-hydrogen) atoms. The largest absolute Gasteiger partial charge is 0.508 e. The van der Waals surface area contributed by atoms with Crippen LogP contribution in [0, 0.1) is 0 Å². The zero-order valence-corrected chi connectivity index (χ0v) is 17.7. The first-order valence-electron chi connectivity index (χ1n) is 10.8. The third-order valence-corrected chi connectivity index (χ3v) is 5.65. The van der Waals surface area contributed by atoms with Crippen molar-refractivity contribution < 1.29 is 5.11 Å². The van der Waals surface area contributed by atoms with Crippen LogP contribution in [0.1, 0.15) is 5.56 Å². The van der Waals surface area contributed by atoms with Gasteiger partial charge >= 0.3 is 0 Å². The van der Waals surface area contributed by atoms with Crippen LogP contribution in [0.15, 0.2) is 115 Å². The van der Waals surface area contributed by atoms with E-state index in [2.05, 4.69) is 65.2 Å². The van der Waals surface area contributed by atoms with Gasteiger partial charge in [0.2, 0.25) is 0 Å². The first kappa shape index (κ1) is 19.8. The first-order valence-corrected chi connectivity index (χ1v) is 10.8. The van der Waals surface area contributed by atoms with E-state index in [0.717, 1.165) is 46.9 Å². The predicted octanol–water partition coefficient (Wildman–Crippen LogP) is 6.83. The number of phenols is 1. The summed E-state index contributed by atoms with van der Waals surface area (Å²) in [7, 11) is 0. The molecule has 3 nitrogen and oxygen atoms in total. The van der Waals surface area contributed by atoms with Gasteiger partial charge in [-0.25, -0.2) is 4.98 Å². The summed E-state index contributed by atoms with van der Waals surface area (Å²) in [6.45, 7) is 0.796. The Morgan fingerprint density at radius 2 is 1.16 bits per heavy atom. The van der Waals surface area contributed by atoms with Crippen LogP contribution in [0.3, 0.4) is 0 Å². The number of benzene rings is 4. The van der Waals surface area contributed by atoms with Gasteiger partial charge in [0.05, 0.1) is 11.4 Å². The molecule has 0 saturated carbocycles. The fourth-order valence-electron chi connectivity index (χ4n) is 4.07. The van der Waals surface area contributed by atoms with Gasteiger partial charge in [0.15, 0.2) is 0 Å². The van der Waals surface area contributed by atoms with Crippen LogP contribution in [0.2, 0.25) is 0 Å². The summed E-state index contributed by atoms with van der Waals surface area (Å²) in [4.78, 5) is 5.15. The molecule has 0 fully saturated rings. The molecule has 0 saturated heterocycles. The van der Waals surface area contributed by atoms with Crippen LogP contribution in [0.5, 0.6) is 5.75 Å². The average Bonchev–Trinajstić information content (AvgIpc) is 3.24. The number of rotatable bonds is 6. The Balaban J connectivity index is 1.71. The molecule has 0 spiro atoms. The highest BCUT2D eigenvalue weighted by Gasteiger charge is 2.21. The summed E-state index contributed by atoms with van der Waals surface area (Å²) >= 11 is 0. The lowest BCUT2D eigenvalue weighted by atomic mass is 10.0. The molecule has 3 heteroatoms. The smallest absolute Gasteiger partial charge is 0.141 e. The minimum atomic E-state index is 0.253. The third-order valence-electron chi connectivity index (χ3n) is 5.65. The maximum atomic E-state index is 9.81. The highest BCUT2D eigenvalue weighted by Crippen LogP contribution is 2.36. The van der Waals surface area contributed by atoms with Crippen LogP contribution < -0.4 is 0 Å². The Labute approximate surface area is 188 Å². The lowest BCUT2D eigenvalue weighted by molar-refractivity contribution is 0.475. The third kappa shape index (κ3) is 4.06. The number of imidazole rings is 1. The van der Waals surface area contributed by atoms with Gasteiger partial charge in [0, 0.05) is 23.2 Å². The average molecular weight is 417 g/mol. The van der Waals surface area contributed by atoms with Crippen molar-refractivity contribution in [3.63, 3.8) is 0 Å². The number of phenolic OH excluding ortho intramolecular Hbond substituents is 1. The Hall–Kier alpha value is -4.11. The topological polar surface area (TPSA) is 38.1 Å². The van der Waals surface area contributed by atoms with Crippen molar-refractivity contribution in [2.75, 3.05) is 0 Å². The molecule has 1 heterocycles. The minimum absolute atomic E-state index is 0.253. The summed E-state index contributed by atoms with van der Waals surface area (Å²) in [6, 6.07) is 38.6. The molecule has 5 rings (SSSR count). The molecule has 0 amide bonds. The minimum Gasteiger partial charge on any atom is -0.508 e. The highest BCUT2D eigenvalue weighted by molar-refractivity contribution is 5.82. The van der Waals surface area contributed by atoms with Gasteiger partial charge < -0.3 is 9.67 Å². The number of hydrogen-bond acceptors (Lipinski definition) is 2. The quantitative estimate of drug-likeness (QED) is 0.329. The standard InChI is InChI=1S/C29H24N2O/c32-26-18-16-25(17-19-26)29-30-27(23-12-6-2-7-13-23)28(24-14-8-3-9-15-24)31(29)21-20-22-10-4-1-5-11-22/h1-19,32H,20-21H2. The lowest BCUT2D eigenvalue weighted by Gasteiger charge is -2.14. The number of aromatic hydroxyl groups is 1. The van der Waals surface area contributed by atoms with Crippen molar-refractivity contribution in [3.8, 4) is 39.7 Å². The van der Waals surface area contributed by atoms with Crippen LogP contribution in [-0.4, -0.2) is 14.7 Å². The van der Waals surface area contributed by atoms with Crippen molar-refractivity contribution in [1.82, 2.24) is 9.55 Å². The molecule has 0 radical (unpaired) electrons. The lowest BCUT2D eigenvalue weighted by Crippen LogP contribution is -2.06. The number of nitrogens with zero attached hydrogens (tertiary/aromatic N) is 2. The highest BCUT2D eigenvalue weighted by atomic mass is 16.3. The molecular formula is C29H24N2O. The fourth-order valence-corrected chi connectivity index (χ4v) is 4.07. The Morgan fingerprint density at radius 1 is 0.594 bits per heavy atom. The van der Waals surface area contributed by atoms with E-state index in [0.29, 0.717) is 0 Å². The van der Waals surface area contributed by atoms with Gasteiger partial charge in [-0.15, -0.1) is 0 Å². The Morgan fingerprint density at radius 3 is 1.78 bits per heavy atom. The van der Waals surface area contributed by atoms with Crippen molar-refractivity contribution in [2.45, 2.75) is 13.0 Å². The Bertz CT molecular complexity index is 1290. The molecule has 0 atom stereocenters. The van der Waals surface area contributed by atoms with E-state index >= 15 is 0 Å². The van der Waals surface area contributed by atoms with Gasteiger partial charge in [0.1, 0.15) is 11.6 Å². The predicted molar refractivity (Wildman–Crippen MR) is 130 cm³/mol. The second-order valence-corrected chi connectivity index (χ2v) is 7.80. The van der Waals surface area contributed by atoms with Gasteiger partial charge in [-0.1, -0.05) is 91.0 Å². The first-order chi connectivity index (χ1) is 15.8. The van der Waals surface area contributed by atoms with E-state index in [9.17, 15) is 5.11 Å². The number of aromatic nitrogens is 2. The van der Waals surface area contributed by atoms with E-state index in [1.807, 2.05) is 42.5 Å². The number of hydrogen-bond donors (Lipinski definition) is 1. The van der Waals surface area contributed by atoms with Gasteiger partial charge in [-0.2, -0.15) is 0 Å². The molecule has 0 aliphatic carbocycles. The van der Waals surface area contributed by atoms with Crippen LogP contribution in [0.25, 0.3) is 33.9 Å². The molecule has 0 aliphatic heterocycles. The second-order valence-electron chi connectivity index (χ2n) is 7.80. The van der Waals surface area contributed by atoms with E-state index < -0.39 is 0 Å². The molecule has 156 valence electrons. The number of aryl methyl sites for hydroxylation is 1. The molecule has 0 bridgehead atoms. The van der Waals surface area contributed by atoms with E-state index in [4.69, 9.17) is 4.98 Å². The summed E-state index contributed by atoms with van der Waals surface area (Å²) in [5.41, 5.74) is 6.57. The SMILES string of the molecule is Oc1ccc(-c2nc(-c3ccccc3)c(-c3ccccc3)n2CCc2ccccc2)cc1. The maximum absolute atomic E-state index is 9.81. The zero-order chi connectivity index (χ0) is 21.8. The monoisotopic (exact) mass is 416 g/mol. The normalized spacial score (nSPS) is 10.9. The maximum Gasteiger partial charge on any atom is 0.141 e. The summed E-state index contributed by atoms with van der Waals surface area (Å²) in [5.74, 6) is 1.15. The van der Waals surface area contributed by atoms with Crippen LogP contribution >= 0.6 is 0 Å². The van der Waals surface area contributed by atoms with Gasteiger partial charge in [-0.05, 0) is 36.2 Å². The second kappa shape index (κ2) is 8.94. The zero-order valence-electron chi connectivity index (χ0n) is 17.7. The summed E-state index contributed by atoms with van der Waals surface area (Å²) < 4.78 is 2.32. The summed E-state index contributed by atoms with van der Waals surface area (Å²) in [6.07, 6.45) is 0.899. The molecule has 0 unspecified atom stereocenters. The van der Waals surface area contributed by atoms with Crippen molar-refractivity contribution in [1.29, 1.82) is 0 Å². The molecule has 4 aromatic carbocycles. The summed E-state index contributed by atoms with van der Waals surface area (Å²) in [5, 5.41) is 9.81. The molecule has 1 N–H and O–H groups in total. The van der Waals surface area contributed by atoms with Crippen LogP contribution in [0.4, 0.5) is 0 Å². The fraction of sp³-hybridized carbons (Fsp3) is 0.0690. The molecule has 5 aromatic rings. The van der Waals surface area contributed by atoms with E-state index in [-0.39, 0.29) is 5.75 Å².